The largest absolute Gasteiger partial charge is 1.00 e. The Balaban J connectivity index is 0.00000324. The van der Waals surface area contributed by atoms with E-state index in [1.54, 1.807) is 18.7 Å². The number of benzene rings is 1. The maximum Gasteiger partial charge on any atom is 1.00 e. The van der Waals surface area contributed by atoms with Gasteiger partial charge in [0.15, 0.2) is 0 Å². The fourth-order valence-electron chi connectivity index (χ4n) is 4.81. The van der Waals surface area contributed by atoms with E-state index in [4.69, 9.17) is 4.74 Å². The van der Waals surface area contributed by atoms with E-state index in [2.05, 4.69) is 4.90 Å². The van der Waals surface area contributed by atoms with E-state index in [-0.39, 0.29) is 29.6 Å². The molecule has 3 saturated heterocycles. The maximum atomic E-state index is 13.4. The zero-order chi connectivity index (χ0) is 23.8. The van der Waals surface area contributed by atoms with Crippen LogP contribution in [0.15, 0.2) is 30.3 Å². The molecule has 11 heteroatoms. The summed E-state index contributed by atoms with van der Waals surface area (Å²) in [5.74, 6) is -3.31. The second-order valence-electron chi connectivity index (χ2n) is 9.25. The predicted molar refractivity (Wildman–Crippen MR) is 120 cm³/mol. The first-order chi connectivity index (χ1) is 15.7. The summed E-state index contributed by atoms with van der Waals surface area (Å²) >= 11 is 1.29. The van der Waals surface area contributed by atoms with Gasteiger partial charge in [-0.1, -0.05) is 30.3 Å². The predicted octanol–water partition coefficient (Wildman–Crippen LogP) is -3.86. The van der Waals surface area contributed by atoms with Gasteiger partial charge in [0.05, 0.1) is 30.6 Å². The Labute approximate surface area is 226 Å². The number of hydrogen-bond donors (Lipinski definition) is 1. The third-order valence-corrected chi connectivity index (χ3v) is 8.21. The molecule has 0 radical (unpaired) electrons. The number of fused-ring (bicyclic) bond motifs is 1. The molecule has 0 aromatic heterocycles. The van der Waals surface area contributed by atoms with Crippen LogP contribution in [0.3, 0.4) is 0 Å². The number of morpholine rings is 1. The maximum absolute atomic E-state index is 13.4. The Kier molecular flexibility index (Phi) is 9.11. The van der Waals surface area contributed by atoms with Crippen molar-refractivity contribution in [3.05, 3.63) is 35.9 Å². The van der Waals surface area contributed by atoms with Crippen LogP contribution >= 0.6 is 11.8 Å². The molecule has 2 amide bonds. The number of ether oxygens (including phenoxy) is 1. The minimum absolute atomic E-state index is 0. The minimum atomic E-state index is -1.53. The topological polar surface area (TPSA) is 113 Å². The SMILES string of the molecule is CC1(C)S[C@@H]2[C@H]([C@H](O)C(=O)N(CCN3CCOCC3)Cc3ccccc3)C(=O)N2[C@H]1C(=O)[O-].[Na+]. The van der Waals surface area contributed by atoms with Crippen LogP contribution in [0.4, 0.5) is 0 Å². The molecule has 180 valence electrons. The average molecular weight is 500 g/mol. The number of aliphatic carboxylic acids is 1. The summed E-state index contributed by atoms with van der Waals surface area (Å²) in [5.41, 5.74) is 0.926. The number of amides is 2. The Bertz CT molecular complexity index is 898. The molecule has 1 aromatic rings. The third kappa shape index (κ3) is 5.48. The van der Waals surface area contributed by atoms with Gasteiger partial charge in [-0.2, -0.15) is 0 Å². The summed E-state index contributed by atoms with van der Waals surface area (Å²) in [6.45, 7) is 7.69. The van der Waals surface area contributed by atoms with E-state index in [0.717, 1.165) is 18.7 Å². The van der Waals surface area contributed by atoms with E-state index in [9.17, 15) is 24.6 Å². The van der Waals surface area contributed by atoms with E-state index < -0.39 is 46.0 Å². The van der Waals surface area contributed by atoms with Gasteiger partial charge in [0.2, 0.25) is 5.91 Å². The normalized spacial score (nSPS) is 26.7. The monoisotopic (exact) mass is 499 g/mol. The number of aliphatic hydroxyl groups is 1. The molecular weight excluding hydrogens is 469 g/mol. The number of thioether (sulfide) groups is 1. The molecule has 3 aliphatic heterocycles. The molecule has 9 nitrogen and oxygen atoms in total. The van der Waals surface area contributed by atoms with Gasteiger partial charge in [0.1, 0.15) is 12.0 Å². The number of carbonyl (C=O) groups excluding carboxylic acids is 3. The summed E-state index contributed by atoms with van der Waals surface area (Å²) in [6, 6.07) is 8.42. The zero-order valence-electron chi connectivity index (χ0n) is 19.9. The first kappa shape index (κ1) is 27.4. The van der Waals surface area contributed by atoms with Crippen molar-refractivity contribution >= 4 is 29.5 Å². The third-order valence-electron chi connectivity index (χ3n) is 6.62. The van der Waals surface area contributed by atoms with E-state index >= 15 is 0 Å². The smallest absolute Gasteiger partial charge is 0.548 e. The van der Waals surface area contributed by atoms with Crippen LogP contribution in [0, 0.1) is 5.92 Å². The molecule has 0 aliphatic carbocycles. The number of nitrogens with zero attached hydrogens (tertiary/aromatic N) is 3. The number of β-lactam (4-membered cyclic amide) rings is 1. The minimum Gasteiger partial charge on any atom is -0.548 e. The van der Waals surface area contributed by atoms with Crippen molar-refractivity contribution in [2.45, 2.75) is 42.7 Å². The Morgan fingerprint density at radius 3 is 2.53 bits per heavy atom. The van der Waals surface area contributed by atoms with Crippen LogP contribution in [0.25, 0.3) is 0 Å². The fraction of sp³-hybridized carbons (Fsp3) is 0.609. The number of hydrogen-bond acceptors (Lipinski definition) is 8. The van der Waals surface area contributed by atoms with Crippen LogP contribution in [0.5, 0.6) is 0 Å². The molecular formula is C23H30N3NaO6S. The second-order valence-corrected chi connectivity index (χ2v) is 11.0. The molecule has 0 spiro atoms. The van der Waals surface area contributed by atoms with E-state index in [1.807, 2.05) is 30.3 Å². The summed E-state index contributed by atoms with van der Waals surface area (Å²) < 4.78 is 4.62. The van der Waals surface area contributed by atoms with Crippen molar-refractivity contribution in [2.75, 3.05) is 39.4 Å². The molecule has 4 rings (SSSR count). The van der Waals surface area contributed by atoms with E-state index in [0.29, 0.717) is 32.8 Å². The van der Waals surface area contributed by atoms with Crippen molar-refractivity contribution in [1.29, 1.82) is 0 Å². The van der Waals surface area contributed by atoms with Crippen LogP contribution < -0.4 is 34.7 Å². The molecule has 0 saturated carbocycles. The van der Waals surface area contributed by atoms with Crippen molar-refractivity contribution in [2.24, 2.45) is 5.92 Å². The van der Waals surface area contributed by atoms with Gasteiger partial charge in [0, 0.05) is 37.5 Å². The van der Waals surface area contributed by atoms with Gasteiger partial charge >= 0.3 is 29.6 Å². The number of carboxylic acids is 1. The summed E-state index contributed by atoms with van der Waals surface area (Å²) in [5, 5.41) is 22.1. The molecule has 34 heavy (non-hydrogen) atoms. The summed E-state index contributed by atoms with van der Waals surface area (Å²) in [7, 11) is 0. The molecule has 0 unspecified atom stereocenters. The molecule has 4 atom stereocenters. The van der Waals surface area contributed by atoms with Gasteiger partial charge in [-0.05, 0) is 19.4 Å². The Morgan fingerprint density at radius 1 is 1.26 bits per heavy atom. The number of carbonyl (C=O) groups is 3. The van der Waals surface area contributed by atoms with Crippen LogP contribution in [0.2, 0.25) is 0 Å². The van der Waals surface area contributed by atoms with Crippen molar-refractivity contribution in [1.82, 2.24) is 14.7 Å². The van der Waals surface area contributed by atoms with Crippen LogP contribution in [0.1, 0.15) is 19.4 Å². The van der Waals surface area contributed by atoms with Gasteiger partial charge in [-0.15, -0.1) is 11.8 Å². The molecule has 1 N–H and O–H groups in total. The van der Waals surface area contributed by atoms with Gasteiger partial charge in [-0.3, -0.25) is 14.5 Å². The summed E-state index contributed by atoms with van der Waals surface area (Å²) in [4.78, 5) is 42.9. The summed E-state index contributed by atoms with van der Waals surface area (Å²) in [6.07, 6.45) is -1.53. The number of carboxylic acid groups (broad SMARTS) is 1. The molecule has 1 aromatic carbocycles. The molecule has 3 fully saturated rings. The first-order valence-corrected chi connectivity index (χ1v) is 12.1. The number of rotatable bonds is 8. The van der Waals surface area contributed by atoms with E-state index in [1.165, 1.54) is 16.7 Å². The van der Waals surface area contributed by atoms with Gasteiger partial charge in [0.25, 0.3) is 5.91 Å². The van der Waals surface area contributed by atoms with Crippen molar-refractivity contribution in [3.63, 3.8) is 0 Å². The standard InChI is InChI=1S/C23H31N3O6S.Na/c1-23(2)18(22(30)31)26-19(28)16(21(26)33-23)17(27)20(29)25(14-15-6-4-3-5-7-15)9-8-24-10-12-32-13-11-24;/h3-7,16-18,21,27H,8-14H2,1-2H3,(H,30,31);/q;+1/p-1/t16-,17+,18+,21-;/m1./s1. The molecule has 0 bridgehead atoms. The average Bonchev–Trinajstić information content (AvgIpc) is 3.04. The first-order valence-electron chi connectivity index (χ1n) is 11.2. The second kappa shape index (κ2) is 11.3. The molecule has 3 heterocycles. The quantitative estimate of drug-likeness (QED) is 0.286. The van der Waals surface area contributed by atoms with Gasteiger partial charge < -0.3 is 29.5 Å². The zero-order valence-corrected chi connectivity index (χ0v) is 22.7. The van der Waals surface area contributed by atoms with Crippen molar-refractivity contribution < 1.29 is 58.9 Å². The van der Waals surface area contributed by atoms with Crippen molar-refractivity contribution in [3.8, 4) is 0 Å². The fourth-order valence-corrected chi connectivity index (χ4v) is 6.52. The Hall–Kier alpha value is -1.14. The number of aliphatic hydroxyl groups excluding tert-OH is 1. The van der Waals surface area contributed by atoms with Crippen LogP contribution in [-0.2, 0) is 25.7 Å². The van der Waals surface area contributed by atoms with Gasteiger partial charge in [-0.25, -0.2) is 0 Å². The molecule has 3 aliphatic rings. The van der Waals surface area contributed by atoms with Crippen LogP contribution in [-0.4, -0.2) is 99.2 Å². The Morgan fingerprint density at radius 2 is 1.91 bits per heavy atom.